The molecule has 0 bridgehead atoms. The van der Waals surface area contributed by atoms with Gasteiger partial charge in [-0.3, -0.25) is 0 Å². The van der Waals surface area contributed by atoms with Crippen molar-refractivity contribution in [3.8, 4) is 5.75 Å². The van der Waals surface area contributed by atoms with Gasteiger partial charge < -0.3 is 4.74 Å². The normalized spacial score (nSPS) is 9.82. The Hall–Kier alpha value is -0.390. The largest absolute Gasteiger partial charge is 0.494 e. The summed E-state index contributed by atoms with van der Waals surface area (Å²) in [4.78, 5) is 0. The van der Waals surface area contributed by atoms with E-state index < -0.39 is 11.6 Å². The van der Waals surface area contributed by atoms with Crippen molar-refractivity contribution >= 4 is 22.6 Å². The van der Waals surface area contributed by atoms with Gasteiger partial charge in [0.1, 0.15) is 5.82 Å². The third kappa shape index (κ3) is 1.79. The quantitative estimate of drug-likeness (QED) is 0.563. The lowest BCUT2D eigenvalue weighted by Gasteiger charge is -2.01. The van der Waals surface area contributed by atoms with Crippen molar-refractivity contribution in [3.05, 3.63) is 27.3 Å². The van der Waals surface area contributed by atoms with E-state index in [4.69, 9.17) is 0 Å². The minimum atomic E-state index is -0.543. The highest BCUT2D eigenvalue weighted by molar-refractivity contribution is 14.1. The molecule has 0 radical (unpaired) electrons. The third-order valence-corrected chi connectivity index (χ3v) is 2.02. The van der Waals surface area contributed by atoms with Gasteiger partial charge >= 0.3 is 0 Å². The molecule has 0 N–H and O–H groups in total. The predicted octanol–water partition coefficient (Wildman–Crippen LogP) is 2.58. The Morgan fingerprint density at radius 2 is 1.91 bits per heavy atom. The van der Waals surface area contributed by atoms with E-state index >= 15 is 0 Å². The van der Waals surface area contributed by atoms with Crippen LogP contribution in [0.3, 0.4) is 0 Å². The van der Waals surface area contributed by atoms with Crippen LogP contribution < -0.4 is 4.74 Å². The van der Waals surface area contributed by atoms with Gasteiger partial charge in [0.15, 0.2) is 11.6 Å². The lowest BCUT2D eigenvalue weighted by Crippen LogP contribution is -1.91. The van der Waals surface area contributed by atoms with Crippen LogP contribution >= 0.6 is 22.6 Å². The lowest BCUT2D eigenvalue weighted by atomic mass is 10.3. The predicted molar refractivity (Wildman–Crippen MR) is 45.6 cm³/mol. The molecule has 0 heterocycles. The number of hydrogen-bond acceptors (Lipinski definition) is 1. The van der Waals surface area contributed by atoms with E-state index in [0.717, 1.165) is 12.1 Å². The number of hydrogen-bond donors (Lipinski definition) is 0. The number of halogens is 3. The molecule has 1 aromatic carbocycles. The topological polar surface area (TPSA) is 9.23 Å². The lowest BCUT2D eigenvalue weighted by molar-refractivity contribution is 0.382. The summed E-state index contributed by atoms with van der Waals surface area (Å²) in [7, 11) is 1.30. The second-order valence-electron chi connectivity index (χ2n) is 1.90. The Morgan fingerprint density at radius 1 is 1.27 bits per heavy atom. The molecule has 11 heavy (non-hydrogen) atoms. The zero-order chi connectivity index (χ0) is 8.43. The SMILES string of the molecule is COc1cc(F)c(I)cc1F. The molecule has 0 unspecified atom stereocenters. The summed E-state index contributed by atoms with van der Waals surface area (Å²) in [5.41, 5.74) is 0. The average molecular weight is 270 g/mol. The van der Waals surface area contributed by atoms with Gasteiger partial charge in [-0.15, -0.1) is 0 Å². The van der Waals surface area contributed by atoms with E-state index in [9.17, 15) is 8.78 Å². The fourth-order valence-corrected chi connectivity index (χ4v) is 1.09. The molecule has 0 atom stereocenters. The highest BCUT2D eigenvalue weighted by Crippen LogP contribution is 2.21. The molecule has 1 aromatic rings. The summed E-state index contributed by atoms with van der Waals surface area (Å²) in [6.45, 7) is 0. The molecule has 0 aromatic heterocycles. The van der Waals surface area contributed by atoms with Crippen LogP contribution in [0.2, 0.25) is 0 Å². The van der Waals surface area contributed by atoms with Crippen LogP contribution in [0.25, 0.3) is 0 Å². The fourth-order valence-electron chi connectivity index (χ4n) is 0.661. The Labute approximate surface area is 76.5 Å². The highest BCUT2D eigenvalue weighted by Gasteiger charge is 2.07. The van der Waals surface area contributed by atoms with Gasteiger partial charge in [0.2, 0.25) is 0 Å². The zero-order valence-electron chi connectivity index (χ0n) is 5.70. The van der Waals surface area contributed by atoms with Crippen LogP contribution in [0.4, 0.5) is 8.78 Å². The summed E-state index contributed by atoms with van der Waals surface area (Å²) in [6, 6.07) is 2.12. The van der Waals surface area contributed by atoms with Gasteiger partial charge in [-0.2, -0.15) is 0 Å². The monoisotopic (exact) mass is 270 g/mol. The molecule has 0 aliphatic carbocycles. The van der Waals surface area contributed by atoms with Crippen LogP contribution in [0, 0.1) is 15.2 Å². The second kappa shape index (κ2) is 3.34. The van der Waals surface area contributed by atoms with Crippen LogP contribution in [0.5, 0.6) is 5.75 Å². The first-order chi connectivity index (χ1) is 5.15. The summed E-state index contributed by atoms with van der Waals surface area (Å²) < 4.78 is 30.2. The molecule has 0 aliphatic rings. The Balaban J connectivity index is 3.21. The van der Waals surface area contributed by atoms with Crippen molar-refractivity contribution in [3.63, 3.8) is 0 Å². The molecule has 0 aliphatic heterocycles. The van der Waals surface area contributed by atoms with Gasteiger partial charge in [0.25, 0.3) is 0 Å². The van der Waals surface area contributed by atoms with Crippen molar-refractivity contribution in [2.45, 2.75) is 0 Å². The maximum Gasteiger partial charge on any atom is 0.166 e. The van der Waals surface area contributed by atoms with Crippen LogP contribution in [-0.2, 0) is 0 Å². The summed E-state index contributed by atoms with van der Waals surface area (Å²) >= 11 is 1.71. The minimum Gasteiger partial charge on any atom is -0.494 e. The van der Waals surface area contributed by atoms with E-state index in [-0.39, 0.29) is 9.32 Å². The fraction of sp³-hybridized carbons (Fsp3) is 0.143. The highest BCUT2D eigenvalue weighted by atomic mass is 127. The molecule has 1 nitrogen and oxygen atoms in total. The summed E-state index contributed by atoms with van der Waals surface area (Å²) in [5.74, 6) is -1.08. The molecule has 0 amide bonds. The number of benzene rings is 1. The molecule has 1 rings (SSSR count). The van der Waals surface area contributed by atoms with Crippen LogP contribution in [-0.4, -0.2) is 7.11 Å². The minimum absolute atomic E-state index is 0.0667. The maximum absolute atomic E-state index is 12.7. The first kappa shape index (κ1) is 8.70. The Bertz CT molecular complexity index is 275. The summed E-state index contributed by atoms with van der Waals surface area (Å²) in [5, 5.41) is 0. The van der Waals surface area contributed by atoms with Gasteiger partial charge in [0.05, 0.1) is 10.7 Å². The Kier molecular flexibility index (Phi) is 2.64. The van der Waals surface area contributed by atoms with Crippen molar-refractivity contribution < 1.29 is 13.5 Å². The van der Waals surface area contributed by atoms with E-state index in [1.54, 1.807) is 22.6 Å². The molecule has 60 valence electrons. The first-order valence-electron chi connectivity index (χ1n) is 2.83. The molecule has 4 heteroatoms. The van der Waals surface area contributed by atoms with Crippen molar-refractivity contribution in [2.75, 3.05) is 7.11 Å². The number of methoxy groups -OCH3 is 1. The van der Waals surface area contributed by atoms with Gasteiger partial charge in [-0.1, -0.05) is 0 Å². The van der Waals surface area contributed by atoms with Crippen LogP contribution in [0.15, 0.2) is 12.1 Å². The smallest absolute Gasteiger partial charge is 0.166 e. The molecule has 0 saturated carbocycles. The van der Waals surface area contributed by atoms with E-state index in [2.05, 4.69) is 4.74 Å². The van der Waals surface area contributed by atoms with Crippen molar-refractivity contribution in [1.29, 1.82) is 0 Å². The standard InChI is InChI=1S/C7H5F2IO/c1-11-7-3-4(8)6(10)2-5(7)9/h2-3H,1H3. The maximum atomic E-state index is 12.7. The van der Waals surface area contributed by atoms with Gasteiger partial charge in [-0.05, 0) is 28.7 Å². The molecule has 0 spiro atoms. The Morgan fingerprint density at radius 3 is 2.45 bits per heavy atom. The van der Waals surface area contributed by atoms with E-state index in [1.165, 1.54) is 7.11 Å². The third-order valence-electron chi connectivity index (χ3n) is 1.19. The zero-order valence-corrected chi connectivity index (χ0v) is 7.85. The van der Waals surface area contributed by atoms with E-state index in [1.807, 2.05) is 0 Å². The van der Waals surface area contributed by atoms with Crippen molar-refractivity contribution in [1.82, 2.24) is 0 Å². The molecule has 0 saturated heterocycles. The number of rotatable bonds is 1. The molecule has 0 fully saturated rings. The van der Waals surface area contributed by atoms with Gasteiger partial charge in [0, 0.05) is 6.07 Å². The molecular weight excluding hydrogens is 265 g/mol. The van der Waals surface area contributed by atoms with Crippen molar-refractivity contribution in [2.24, 2.45) is 0 Å². The number of ether oxygens (including phenoxy) is 1. The average Bonchev–Trinajstić information content (AvgIpc) is 1.97. The molecular formula is C7H5F2IO. The van der Waals surface area contributed by atoms with Crippen LogP contribution in [0.1, 0.15) is 0 Å². The first-order valence-corrected chi connectivity index (χ1v) is 3.91. The van der Waals surface area contributed by atoms with E-state index in [0.29, 0.717) is 0 Å². The van der Waals surface area contributed by atoms with Gasteiger partial charge in [-0.25, -0.2) is 8.78 Å². The second-order valence-corrected chi connectivity index (χ2v) is 3.06. The summed E-state index contributed by atoms with van der Waals surface area (Å²) in [6.07, 6.45) is 0.